The number of nitrogens with one attached hydrogen (secondary N) is 1. The van der Waals surface area contributed by atoms with Crippen LogP contribution in [0.4, 0.5) is 5.82 Å². The minimum Gasteiger partial charge on any atom is -0.493 e. The van der Waals surface area contributed by atoms with E-state index in [0.717, 1.165) is 0 Å². The fourth-order valence-corrected chi connectivity index (χ4v) is 2.18. The molecule has 0 aliphatic rings. The second kappa shape index (κ2) is 5.88. The molecule has 2 aromatic heterocycles. The van der Waals surface area contributed by atoms with Gasteiger partial charge >= 0.3 is 0 Å². The smallest absolute Gasteiger partial charge is 0.257 e. The van der Waals surface area contributed by atoms with Gasteiger partial charge in [0.1, 0.15) is 12.1 Å². The fourth-order valence-electron chi connectivity index (χ4n) is 2.18. The zero-order valence-corrected chi connectivity index (χ0v) is 12.5. The Kier molecular flexibility index (Phi) is 3.76. The van der Waals surface area contributed by atoms with E-state index in [1.165, 1.54) is 32.6 Å². The third-order valence-electron chi connectivity index (χ3n) is 3.28. The highest BCUT2D eigenvalue weighted by Gasteiger charge is 2.19. The molecule has 0 aliphatic carbocycles. The van der Waals surface area contributed by atoms with Gasteiger partial charge in [0.05, 0.1) is 12.7 Å². The number of carbonyl (C=O) groups excluding carboxylic acids is 2. The summed E-state index contributed by atoms with van der Waals surface area (Å²) in [6, 6.07) is 6.34. The monoisotopic (exact) mass is 311 g/mol. The molecule has 116 valence electrons. The van der Waals surface area contributed by atoms with E-state index in [1.54, 1.807) is 18.2 Å². The number of hydrogen-bond donors (Lipinski definition) is 1. The molecule has 0 spiro atoms. The number of rotatable bonds is 4. The minimum absolute atomic E-state index is 0.167. The Labute approximate surface area is 131 Å². The molecule has 0 unspecified atom stereocenters. The van der Waals surface area contributed by atoms with E-state index >= 15 is 0 Å². The lowest BCUT2D eigenvalue weighted by atomic mass is 10.1. The first-order chi connectivity index (χ1) is 11.1. The van der Waals surface area contributed by atoms with Crippen molar-refractivity contribution in [3.05, 3.63) is 48.1 Å². The number of fused-ring (bicyclic) bond motifs is 1. The Morgan fingerprint density at radius 2 is 2.09 bits per heavy atom. The molecule has 0 saturated heterocycles. The van der Waals surface area contributed by atoms with Crippen LogP contribution >= 0.6 is 0 Å². The van der Waals surface area contributed by atoms with Crippen molar-refractivity contribution in [3.8, 4) is 5.75 Å². The van der Waals surface area contributed by atoms with Crippen LogP contribution in [0.2, 0.25) is 0 Å². The average Bonchev–Trinajstić information content (AvgIpc) is 3.00. The van der Waals surface area contributed by atoms with Crippen LogP contribution in [0.5, 0.6) is 5.75 Å². The van der Waals surface area contributed by atoms with Crippen molar-refractivity contribution in [1.82, 2.24) is 9.97 Å². The van der Waals surface area contributed by atoms with Gasteiger partial charge in [-0.3, -0.25) is 9.59 Å². The molecular formula is C16H13N3O4. The standard InChI is InChI=1S/C16H13N3O4/c1-9(20)13-7-11-10(3-4-12(22-2)15(11)23-13)16(21)19-14-5-6-17-8-18-14/h3-8H,1-2H3,(H,17,18,19,21). The first-order valence-corrected chi connectivity index (χ1v) is 6.79. The summed E-state index contributed by atoms with van der Waals surface area (Å²) in [6.07, 6.45) is 2.86. The van der Waals surface area contributed by atoms with Gasteiger partial charge in [0, 0.05) is 18.5 Å². The first-order valence-electron chi connectivity index (χ1n) is 6.79. The summed E-state index contributed by atoms with van der Waals surface area (Å²) < 4.78 is 10.7. The average molecular weight is 311 g/mol. The molecule has 0 saturated carbocycles. The number of amides is 1. The molecule has 0 bridgehead atoms. The number of aromatic nitrogens is 2. The van der Waals surface area contributed by atoms with Gasteiger partial charge < -0.3 is 14.5 Å². The number of ketones is 1. The first kappa shape index (κ1) is 14.7. The summed E-state index contributed by atoms with van der Waals surface area (Å²) in [4.78, 5) is 31.7. The van der Waals surface area contributed by atoms with Crippen molar-refractivity contribution >= 4 is 28.5 Å². The Balaban J connectivity index is 2.06. The maximum atomic E-state index is 12.5. The van der Waals surface area contributed by atoms with Crippen molar-refractivity contribution < 1.29 is 18.7 Å². The van der Waals surface area contributed by atoms with E-state index in [2.05, 4.69) is 15.3 Å². The van der Waals surface area contributed by atoms with E-state index in [0.29, 0.717) is 28.1 Å². The molecule has 1 aromatic carbocycles. The number of carbonyl (C=O) groups is 2. The lowest BCUT2D eigenvalue weighted by Gasteiger charge is -2.06. The van der Waals surface area contributed by atoms with Crippen molar-refractivity contribution in [2.45, 2.75) is 6.92 Å². The number of methoxy groups -OCH3 is 1. The molecule has 0 atom stereocenters. The zero-order chi connectivity index (χ0) is 16.4. The Morgan fingerprint density at radius 1 is 1.26 bits per heavy atom. The number of ether oxygens (including phenoxy) is 1. The van der Waals surface area contributed by atoms with Crippen LogP contribution in [0.15, 0.2) is 41.2 Å². The van der Waals surface area contributed by atoms with Crippen molar-refractivity contribution in [3.63, 3.8) is 0 Å². The molecule has 1 N–H and O–H groups in total. The SMILES string of the molecule is COc1ccc(C(=O)Nc2ccncn2)c2cc(C(C)=O)oc12. The molecule has 3 rings (SSSR count). The van der Waals surface area contributed by atoms with Crippen molar-refractivity contribution in [2.24, 2.45) is 0 Å². The van der Waals surface area contributed by atoms with Gasteiger partial charge in [-0.1, -0.05) is 0 Å². The van der Waals surface area contributed by atoms with Crippen LogP contribution in [0.1, 0.15) is 27.8 Å². The van der Waals surface area contributed by atoms with Crippen LogP contribution in [-0.2, 0) is 0 Å². The van der Waals surface area contributed by atoms with E-state index in [9.17, 15) is 9.59 Å². The van der Waals surface area contributed by atoms with Gasteiger partial charge in [0.2, 0.25) is 0 Å². The van der Waals surface area contributed by atoms with E-state index in [4.69, 9.17) is 9.15 Å². The molecule has 3 aromatic rings. The van der Waals surface area contributed by atoms with E-state index in [-0.39, 0.29) is 17.5 Å². The summed E-state index contributed by atoms with van der Waals surface area (Å²) in [5.74, 6) is 0.397. The number of furan rings is 1. The number of hydrogen-bond acceptors (Lipinski definition) is 6. The highest BCUT2D eigenvalue weighted by molar-refractivity contribution is 6.14. The second-order valence-electron chi connectivity index (χ2n) is 4.77. The summed E-state index contributed by atoms with van der Waals surface area (Å²) in [6.45, 7) is 1.39. The highest BCUT2D eigenvalue weighted by Crippen LogP contribution is 2.32. The van der Waals surface area contributed by atoms with Crippen LogP contribution in [-0.4, -0.2) is 28.8 Å². The molecule has 7 heteroatoms. The second-order valence-corrected chi connectivity index (χ2v) is 4.77. The van der Waals surface area contributed by atoms with Crippen LogP contribution in [0, 0.1) is 0 Å². The fraction of sp³-hybridized carbons (Fsp3) is 0.125. The molecule has 0 fully saturated rings. The van der Waals surface area contributed by atoms with Gasteiger partial charge in [-0.05, 0) is 24.3 Å². The largest absolute Gasteiger partial charge is 0.493 e. The number of nitrogens with zero attached hydrogens (tertiary/aromatic N) is 2. The van der Waals surface area contributed by atoms with Crippen LogP contribution in [0.25, 0.3) is 11.0 Å². The summed E-state index contributed by atoms with van der Waals surface area (Å²) >= 11 is 0. The molecule has 0 aliphatic heterocycles. The third kappa shape index (κ3) is 2.76. The van der Waals surface area contributed by atoms with Gasteiger partial charge in [0.25, 0.3) is 5.91 Å². The lowest BCUT2D eigenvalue weighted by Crippen LogP contribution is -2.13. The van der Waals surface area contributed by atoms with Gasteiger partial charge in [0.15, 0.2) is 22.9 Å². The number of benzene rings is 1. The molecule has 2 heterocycles. The lowest BCUT2D eigenvalue weighted by molar-refractivity contribution is 0.0987. The Morgan fingerprint density at radius 3 is 2.74 bits per heavy atom. The minimum atomic E-state index is -0.368. The summed E-state index contributed by atoms with van der Waals surface area (Å²) in [7, 11) is 1.49. The molecule has 1 amide bonds. The topological polar surface area (TPSA) is 94.3 Å². The Bertz CT molecular complexity index is 887. The third-order valence-corrected chi connectivity index (χ3v) is 3.28. The maximum Gasteiger partial charge on any atom is 0.257 e. The van der Waals surface area contributed by atoms with E-state index < -0.39 is 0 Å². The number of anilines is 1. The Hall–Kier alpha value is -3.22. The maximum absolute atomic E-state index is 12.5. The zero-order valence-electron chi connectivity index (χ0n) is 12.5. The van der Waals surface area contributed by atoms with Gasteiger partial charge in [-0.2, -0.15) is 0 Å². The summed E-state index contributed by atoms with van der Waals surface area (Å²) in [5, 5.41) is 3.17. The predicted octanol–water partition coefficient (Wildman–Crippen LogP) is 2.69. The molecule has 7 nitrogen and oxygen atoms in total. The van der Waals surface area contributed by atoms with Crippen LogP contribution < -0.4 is 10.1 Å². The molecule has 23 heavy (non-hydrogen) atoms. The molecule has 0 radical (unpaired) electrons. The van der Waals surface area contributed by atoms with Crippen LogP contribution in [0.3, 0.4) is 0 Å². The molecular weight excluding hydrogens is 298 g/mol. The van der Waals surface area contributed by atoms with Crippen molar-refractivity contribution in [2.75, 3.05) is 12.4 Å². The number of Topliss-reactive ketones (excluding diaryl/α,β-unsaturated/α-hetero) is 1. The van der Waals surface area contributed by atoms with Gasteiger partial charge in [-0.15, -0.1) is 0 Å². The normalized spacial score (nSPS) is 10.5. The quantitative estimate of drug-likeness (QED) is 0.744. The van der Waals surface area contributed by atoms with Crippen molar-refractivity contribution in [1.29, 1.82) is 0 Å². The summed E-state index contributed by atoms with van der Waals surface area (Å²) in [5.41, 5.74) is 0.712. The predicted molar refractivity (Wildman–Crippen MR) is 82.8 cm³/mol. The van der Waals surface area contributed by atoms with E-state index in [1.807, 2.05) is 0 Å². The highest BCUT2D eigenvalue weighted by atomic mass is 16.5. The van der Waals surface area contributed by atoms with Gasteiger partial charge in [-0.25, -0.2) is 9.97 Å².